The Bertz CT molecular complexity index is 1620. The van der Waals surface area contributed by atoms with E-state index in [1.54, 1.807) is 24.4 Å². The zero-order valence-corrected chi connectivity index (χ0v) is 21.6. The average Bonchev–Trinajstić information content (AvgIpc) is 3.69. The monoisotopic (exact) mass is 541 g/mol. The van der Waals surface area contributed by atoms with Crippen LogP contribution in [0.3, 0.4) is 0 Å². The smallest absolute Gasteiger partial charge is 0.123 e. The van der Waals surface area contributed by atoms with Gasteiger partial charge in [0.2, 0.25) is 0 Å². The number of hydrazine groups is 2. The summed E-state index contributed by atoms with van der Waals surface area (Å²) in [6.45, 7) is 0.562. The number of pyridine rings is 2. The average molecular weight is 542 g/mol. The van der Waals surface area contributed by atoms with Gasteiger partial charge in [0.25, 0.3) is 0 Å². The number of anilines is 2. The summed E-state index contributed by atoms with van der Waals surface area (Å²) in [6, 6.07) is 14.3. The Balaban J connectivity index is 1.38. The normalized spacial score (nSPS) is 16.6. The van der Waals surface area contributed by atoms with E-state index in [1.807, 2.05) is 35.6 Å². The Morgan fingerprint density at radius 2 is 2.08 bits per heavy atom. The number of nitrogens with one attached hydrogen (secondary N) is 4. The van der Waals surface area contributed by atoms with Gasteiger partial charge in [-0.05, 0) is 60.7 Å². The summed E-state index contributed by atoms with van der Waals surface area (Å²) in [6.07, 6.45) is 9.75. The first kappa shape index (κ1) is 23.7. The molecule has 1 atom stereocenters. The first-order chi connectivity index (χ1) is 19.4. The number of hydrogen-bond acceptors (Lipinski definition) is 8. The first-order valence-electron chi connectivity index (χ1n) is 13.2. The molecule has 2 aromatic heterocycles. The van der Waals surface area contributed by atoms with E-state index in [4.69, 9.17) is 11.6 Å². The molecule has 0 radical (unpaired) electrons. The summed E-state index contributed by atoms with van der Waals surface area (Å²) in [7, 11) is 0. The minimum Gasteiger partial charge on any atom is -0.383 e. The Hall–Kier alpha value is -4.39. The van der Waals surface area contributed by atoms with Gasteiger partial charge in [-0.25, -0.2) is 4.39 Å². The Kier molecular flexibility index (Phi) is 6.55. The fourth-order valence-corrected chi connectivity index (χ4v) is 4.81. The van der Waals surface area contributed by atoms with Crippen LogP contribution in [0.4, 0.5) is 15.8 Å². The molecule has 10 heteroatoms. The number of benzene rings is 2. The van der Waals surface area contributed by atoms with E-state index in [9.17, 15) is 11.0 Å². The standard InChI is InChI=1S/C29H26ClFN8/c30-25-13-22(36-28(19-3-5-21(31)6-4-19)26-17-39(38-37-26)23-7-8-23)12-24-27(20(14-32)16-35-29(24)25)34-11-9-18-2-1-10-33-15-18/h1-6,10,12-13,15-17,23,28,36-38H,7-9,11H2,(H,34,35)/t28-/m1/s1/i28D. The van der Waals surface area contributed by atoms with E-state index >= 15 is 0 Å². The van der Waals surface area contributed by atoms with Crippen LogP contribution in [-0.4, -0.2) is 27.6 Å². The van der Waals surface area contributed by atoms with Gasteiger partial charge in [-0.2, -0.15) is 5.26 Å². The van der Waals surface area contributed by atoms with Crippen LogP contribution in [0.1, 0.15) is 36.9 Å². The molecule has 0 bridgehead atoms. The van der Waals surface area contributed by atoms with Gasteiger partial charge < -0.3 is 16.1 Å². The van der Waals surface area contributed by atoms with Crippen molar-refractivity contribution >= 4 is 33.9 Å². The number of aromatic nitrogens is 2. The minimum absolute atomic E-state index is 0.368. The number of nitriles is 1. The van der Waals surface area contributed by atoms with Gasteiger partial charge >= 0.3 is 0 Å². The zero-order valence-electron chi connectivity index (χ0n) is 21.9. The largest absolute Gasteiger partial charge is 0.383 e. The summed E-state index contributed by atoms with van der Waals surface area (Å²) in [5, 5.41) is 19.5. The fraction of sp³-hybridized carbons (Fsp3) is 0.207. The molecule has 39 heavy (non-hydrogen) atoms. The van der Waals surface area contributed by atoms with Crippen LogP contribution in [0.25, 0.3) is 10.9 Å². The van der Waals surface area contributed by atoms with Crippen molar-refractivity contribution in [1.29, 1.82) is 5.26 Å². The molecule has 0 unspecified atom stereocenters. The fourth-order valence-electron chi connectivity index (χ4n) is 4.55. The number of halogens is 2. The van der Waals surface area contributed by atoms with Gasteiger partial charge in [0.15, 0.2) is 0 Å². The van der Waals surface area contributed by atoms with Gasteiger partial charge in [0.1, 0.15) is 11.9 Å². The molecule has 2 aliphatic rings. The maximum absolute atomic E-state index is 13.8. The van der Waals surface area contributed by atoms with Gasteiger partial charge in [0, 0.05) is 48.5 Å². The summed E-state index contributed by atoms with van der Waals surface area (Å²) < 4.78 is 23.4. The van der Waals surface area contributed by atoms with E-state index in [0.29, 0.717) is 63.1 Å². The number of fused-ring (bicyclic) bond motifs is 1. The summed E-state index contributed by atoms with van der Waals surface area (Å²) >= 11 is 6.70. The highest BCUT2D eigenvalue weighted by Crippen LogP contribution is 2.36. The molecular weight excluding hydrogens is 515 g/mol. The Morgan fingerprint density at radius 3 is 2.82 bits per heavy atom. The Morgan fingerprint density at radius 1 is 1.23 bits per heavy atom. The summed E-state index contributed by atoms with van der Waals surface area (Å²) in [5.74, 6) is -0.386. The summed E-state index contributed by atoms with van der Waals surface area (Å²) in [4.78, 5) is 8.60. The quantitative estimate of drug-likeness (QED) is 0.222. The lowest BCUT2D eigenvalue weighted by Crippen LogP contribution is -2.38. The van der Waals surface area contributed by atoms with Crippen molar-refractivity contribution in [2.45, 2.75) is 31.3 Å². The van der Waals surface area contributed by atoms with Crippen molar-refractivity contribution in [3.8, 4) is 6.07 Å². The van der Waals surface area contributed by atoms with E-state index < -0.39 is 6.02 Å². The van der Waals surface area contributed by atoms with Gasteiger partial charge in [-0.1, -0.05) is 29.8 Å². The van der Waals surface area contributed by atoms with Gasteiger partial charge in [-0.15, -0.1) is 5.53 Å². The zero-order chi connectivity index (χ0) is 27.7. The van der Waals surface area contributed by atoms with Crippen molar-refractivity contribution in [2.75, 3.05) is 17.2 Å². The van der Waals surface area contributed by atoms with E-state index in [0.717, 1.165) is 18.4 Å². The molecule has 1 aliphatic heterocycles. The third kappa shape index (κ3) is 5.43. The molecule has 1 aliphatic carbocycles. The van der Waals surface area contributed by atoms with Crippen LogP contribution >= 0.6 is 11.6 Å². The minimum atomic E-state index is -1.52. The molecule has 4 N–H and O–H groups in total. The van der Waals surface area contributed by atoms with E-state index in [1.165, 1.54) is 18.3 Å². The third-order valence-corrected chi connectivity index (χ3v) is 6.97. The predicted molar refractivity (Wildman–Crippen MR) is 150 cm³/mol. The van der Waals surface area contributed by atoms with Crippen molar-refractivity contribution in [1.82, 2.24) is 25.9 Å². The maximum atomic E-state index is 13.8. The number of rotatable bonds is 9. The third-order valence-electron chi connectivity index (χ3n) is 6.68. The lowest BCUT2D eigenvalue weighted by molar-refractivity contribution is 0.260. The second-order valence-corrected chi connectivity index (χ2v) is 9.88. The van der Waals surface area contributed by atoms with E-state index in [-0.39, 0.29) is 5.82 Å². The van der Waals surface area contributed by atoms with Crippen LogP contribution in [0, 0.1) is 17.1 Å². The van der Waals surface area contributed by atoms with Gasteiger partial charge in [-0.3, -0.25) is 15.0 Å². The molecule has 4 aromatic rings. The van der Waals surface area contributed by atoms with Crippen LogP contribution in [-0.2, 0) is 6.42 Å². The van der Waals surface area contributed by atoms with Crippen molar-refractivity contribution in [2.24, 2.45) is 0 Å². The second-order valence-electron chi connectivity index (χ2n) is 9.48. The highest BCUT2D eigenvalue weighted by atomic mass is 35.5. The van der Waals surface area contributed by atoms with Gasteiger partial charge in [0.05, 0.1) is 34.9 Å². The van der Waals surface area contributed by atoms with Crippen LogP contribution in [0.2, 0.25) is 5.02 Å². The van der Waals surface area contributed by atoms with Crippen molar-refractivity contribution in [3.05, 3.63) is 107 Å². The maximum Gasteiger partial charge on any atom is 0.123 e. The first-order valence-corrected chi connectivity index (χ1v) is 13.0. The molecule has 8 nitrogen and oxygen atoms in total. The van der Waals surface area contributed by atoms with Crippen LogP contribution < -0.4 is 21.6 Å². The number of nitrogens with zero attached hydrogens (tertiary/aromatic N) is 4. The second kappa shape index (κ2) is 10.8. The topological polar surface area (TPSA) is 101 Å². The SMILES string of the molecule is [2H][C@](Nc1cc(Cl)c2ncc(C#N)c(NCCc3cccnc3)c2c1)(C1=CN(C2CC2)NN1)c1ccc(F)cc1. The van der Waals surface area contributed by atoms with Crippen molar-refractivity contribution in [3.63, 3.8) is 0 Å². The number of hydrogen-bond donors (Lipinski definition) is 4. The lowest BCUT2D eigenvalue weighted by atomic mass is 10.0. The van der Waals surface area contributed by atoms with Crippen LogP contribution in [0.15, 0.2) is 79.0 Å². The molecule has 6 rings (SSSR count). The lowest BCUT2D eigenvalue weighted by Gasteiger charge is -2.22. The molecular formula is C29H26ClFN8. The molecule has 0 saturated heterocycles. The summed E-state index contributed by atoms with van der Waals surface area (Å²) in [5.41, 5.74) is 10.4. The van der Waals surface area contributed by atoms with Crippen LogP contribution in [0.5, 0.6) is 0 Å². The van der Waals surface area contributed by atoms with E-state index in [2.05, 4.69) is 37.6 Å². The molecule has 2 aromatic carbocycles. The molecule has 0 amide bonds. The molecule has 196 valence electrons. The van der Waals surface area contributed by atoms with Crippen molar-refractivity contribution < 1.29 is 5.76 Å². The predicted octanol–water partition coefficient (Wildman–Crippen LogP) is 5.43. The Labute approximate surface area is 231 Å². The molecule has 0 spiro atoms. The molecule has 1 saturated carbocycles. The highest BCUT2D eigenvalue weighted by Gasteiger charge is 2.32. The molecule has 1 fully saturated rings. The highest BCUT2D eigenvalue weighted by molar-refractivity contribution is 6.35. The molecule has 3 heterocycles.